The van der Waals surface area contributed by atoms with Crippen LogP contribution in [0.2, 0.25) is 5.02 Å². The fourth-order valence-corrected chi connectivity index (χ4v) is 1.39. The predicted octanol–water partition coefficient (Wildman–Crippen LogP) is 2.46. The molecule has 0 bridgehead atoms. The Balaban J connectivity index is 2.83. The van der Waals surface area contributed by atoms with E-state index in [0.29, 0.717) is 13.2 Å². The van der Waals surface area contributed by atoms with Crippen LogP contribution in [0.15, 0.2) is 24.3 Å². The molecule has 0 saturated carbocycles. The van der Waals surface area contributed by atoms with Crippen molar-refractivity contribution in [2.75, 3.05) is 13.7 Å². The summed E-state index contributed by atoms with van der Waals surface area (Å²) >= 11 is 6.04. The van der Waals surface area contributed by atoms with Gasteiger partial charge in [-0.15, -0.1) is 0 Å². The Kier molecular flexibility index (Phi) is 4.66. The van der Waals surface area contributed by atoms with Gasteiger partial charge in [0.05, 0.1) is 6.61 Å². The van der Waals surface area contributed by atoms with E-state index in [1.165, 1.54) is 0 Å². The average molecular weight is 212 g/mol. The lowest BCUT2D eigenvalue weighted by molar-refractivity contribution is 0.185. The van der Waals surface area contributed by atoms with Crippen LogP contribution in [0.4, 0.5) is 0 Å². The van der Waals surface area contributed by atoms with Gasteiger partial charge in [-0.2, -0.15) is 0 Å². The maximum atomic E-state index is 6.04. The van der Waals surface area contributed by atoms with Crippen LogP contribution in [0.5, 0.6) is 0 Å². The molecular formula is C11H14ClNO. The van der Waals surface area contributed by atoms with Crippen molar-refractivity contribution in [3.05, 3.63) is 40.4 Å². The number of hydrogen-bond acceptors (Lipinski definition) is 2. The highest BCUT2D eigenvalue weighted by molar-refractivity contribution is 6.31. The molecule has 0 unspecified atom stereocenters. The first-order chi connectivity index (χ1) is 6.77. The minimum Gasteiger partial charge on any atom is -0.380 e. The number of ether oxygens (including phenoxy) is 1. The van der Waals surface area contributed by atoms with E-state index in [1.807, 2.05) is 30.4 Å². The number of methoxy groups -OCH3 is 1. The Morgan fingerprint density at radius 3 is 2.86 bits per heavy atom. The molecule has 2 N–H and O–H groups in total. The monoisotopic (exact) mass is 211 g/mol. The molecule has 0 atom stereocenters. The molecule has 14 heavy (non-hydrogen) atoms. The Hall–Kier alpha value is -0.830. The normalized spacial score (nSPS) is 11.1. The van der Waals surface area contributed by atoms with E-state index < -0.39 is 0 Å². The highest BCUT2D eigenvalue weighted by Gasteiger charge is 1.99. The van der Waals surface area contributed by atoms with Gasteiger partial charge in [0.25, 0.3) is 0 Å². The van der Waals surface area contributed by atoms with Gasteiger partial charge in [-0.1, -0.05) is 35.9 Å². The summed E-state index contributed by atoms with van der Waals surface area (Å²) in [5.41, 5.74) is 7.41. The Labute approximate surface area is 89.3 Å². The van der Waals surface area contributed by atoms with E-state index in [-0.39, 0.29) is 0 Å². The lowest BCUT2D eigenvalue weighted by Crippen LogP contribution is -1.92. The molecule has 0 aliphatic rings. The summed E-state index contributed by atoms with van der Waals surface area (Å²) in [7, 11) is 1.65. The van der Waals surface area contributed by atoms with Crippen molar-refractivity contribution in [1.82, 2.24) is 0 Å². The second-order valence-corrected chi connectivity index (χ2v) is 3.33. The molecule has 0 fully saturated rings. The van der Waals surface area contributed by atoms with Crippen molar-refractivity contribution in [2.24, 2.45) is 5.73 Å². The standard InChI is InChI=1S/C11H14ClNO/c1-14-8-10-5-4-9(3-2-6-13)7-11(10)12/h2-5,7H,6,8,13H2,1H3/b3-2+. The van der Waals surface area contributed by atoms with Crippen LogP contribution in [0.25, 0.3) is 6.08 Å². The van der Waals surface area contributed by atoms with Gasteiger partial charge in [0.15, 0.2) is 0 Å². The summed E-state index contributed by atoms with van der Waals surface area (Å²) in [5, 5.41) is 0.728. The zero-order valence-corrected chi connectivity index (χ0v) is 8.92. The molecule has 0 saturated heterocycles. The minimum absolute atomic E-state index is 0.539. The summed E-state index contributed by atoms with van der Waals surface area (Å²) in [4.78, 5) is 0. The third-order valence-corrected chi connectivity index (χ3v) is 2.18. The van der Waals surface area contributed by atoms with Gasteiger partial charge < -0.3 is 10.5 Å². The molecule has 1 aromatic rings. The number of halogens is 1. The summed E-state index contributed by atoms with van der Waals surface area (Å²) in [6.45, 7) is 1.08. The van der Waals surface area contributed by atoms with E-state index in [0.717, 1.165) is 16.1 Å². The summed E-state index contributed by atoms with van der Waals surface area (Å²) in [6.07, 6.45) is 3.84. The molecule has 76 valence electrons. The third kappa shape index (κ3) is 3.14. The van der Waals surface area contributed by atoms with E-state index >= 15 is 0 Å². The molecule has 2 nitrogen and oxygen atoms in total. The second kappa shape index (κ2) is 5.81. The van der Waals surface area contributed by atoms with Crippen molar-refractivity contribution < 1.29 is 4.74 Å². The van der Waals surface area contributed by atoms with Crippen LogP contribution in [0, 0.1) is 0 Å². The van der Waals surface area contributed by atoms with Crippen molar-refractivity contribution in [1.29, 1.82) is 0 Å². The first kappa shape index (κ1) is 11.2. The number of benzene rings is 1. The highest BCUT2D eigenvalue weighted by atomic mass is 35.5. The van der Waals surface area contributed by atoms with Gasteiger partial charge in [0, 0.05) is 18.7 Å². The van der Waals surface area contributed by atoms with Gasteiger partial charge in [-0.25, -0.2) is 0 Å². The van der Waals surface area contributed by atoms with Gasteiger partial charge in [0.1, 0.15) is 0 Å². The maximum absolute atomic E-state index is 6.04. The molecule has 3 heteroatoms. The van der Waals surface area contributed by atoms with Crippen molar-refractivity contribution in [2.45, 2.75) is 6.61 Å². The number of nitrogens with two attached hydrogens (primary N) is 1. The zero-order chi connectivity index (χ0) is 10.4. The first-order valence-electron chi connectivity index (χ1n) is 4.42. The molecule has 0 radical (unpaired) electrons. The molecule has 0 aliphatic carbocycles. The van der Waals surface area contributed by atoms with Crippen LogP contribution in [0.1, 0.15) is 11.1 Å². The van der Waals surface area contributed by atoms with Gasteiger partial charge in [-0.3, -0.25) is 0 Å². The Morgan fingerprint density at radius 1 is 1.50 bits per heavy atom. The molecule has 1 rings (SSSR count). The van der Waals surface area contributed by atoms with Crippen LogP contribution in [0.3, 0.4) is 0 Å². The maximum Gasteiger partial charge on any atom is 0.0727 e. The predicted molar refractivity (Wildman–Crippen MR) is 60.3 cm³/mol. The smallest absolute Gasteiger partial charge is 0.0727 e. The quantitative estimate of drug-likeness (QED) is 0.831. The zero-order valence-electron chi connectivity index (χ0n) is 8.16. The minimum atomic E-state index is 0.539. The van der Waals surface area contributed by atoms with Gasteiger partial charge in [0.2, 0.25) is 0 Å². The van der Waals surface area contributed by atoms with Crippen LogP contribution >= 0.6 is 11.6 Å². The molecule has 0 aliphatic heterocycles. The van der Waals surface area contributed by atoms with E-state index in [4.69, 9.17) is 22.1 Å². The highest BCUT2D eigenvalue weighted by Crippen LogP contribution is 2.19. The second-order valence-electron chi connectivity index (χ2n) is 2.92. The van der Waals surface area contributed by atoms with E-state index in [9.17, 15) is 0 Å². The van der Waals surface area contributed by atoms with Gasteiger partial charge >= 0.3 is 0 Å². The topological polar surface area (TPSA) is 35.2 Å². The van der Waals surface area contributed by atoms with Crippen molar-refractivity contribution >= 4 is 17.7 Å². The largest absolute Gasteiger partial charge is 0.380 e. The average Bonchev–Trinajstić information content (AvgIpc) is 2.19. The van der Waals surface area contributed by atoms with Crippen molar-refractivity contribution in [3.8, 4) is 0 Å². The fraction of sp³-hybridized carbons (Fsp3) is 0.273. The van der Waals surface area contributed by atoms with Crippen molar-refractivity contribution in [3.63, 3.8) is 0 Å². The van der Waals surface area contributed by atoms with Crippen LogP contribution in [-0.2, 0) is 11.3 Å². The summed E-state index contributed by atoms with van der Waals surface area (Å²) in [5.74, 6) is 0. The molecule has 0 aromatic heterocycles. The first-order valence-corrected chi connectivity index (χ1v) is 4.79. The molecule has 0 amide bonds. The Morgan fingerprint density at radius 2 is 2.29 bits per heavy atom. The molecule has 0 heterocycles. The molecular weight excluding hydrogens is 198 g/mol. The van der Waals surface area contributed by atoms with Gasteiger partial charge in [-0.05, 0) is 17.2 Å². The van der Waals surface area contributed by atoms with Crippen LogP contribution < -0.4 is 5.73 Å². The van der Waals surface area contributed by atoms with Crippen LogP contribution in [-0.4, -0.2) is 13.7 Å². The Bertz CT molecular complexity index is 323. The number of rotatable bonds is 4. The molecule has 0 spiro atoms. The summed E-state index contributed by atoms with van der Waals surface area (Å²) < 4.78 is 5.01. The lowest BCUT2D eigenvalue weighted by Gasteiger charge is -2.03. The third-order valence-electron chi connectivity index (χ3n) is 1.82. The van der Waals surface area contributed by atoms with E-state index in [2.05, 4.69) is 0 Å². The number of hydrogen-bond donors (Lipinski definition) is 1. The van der Waals surface area contributed by atoms with E-state index in [1.54, 1.807) is 7.11 Å². The molecule has 1 aromatic carbocycles. The SMILES string of the molecule is COCc1ccc(/C=C/CN)cc1Cl. The summed E-state index contributed by atoms with van der Waals surface area (Å²) in [6, 6.07) is 5.86. The lowest BCUT2D eigenvalue weighted by atomic mass is 10.1. The fourth-order valence-electron chi connectivity index (χ4n) is 1.14.